The Morgan fingerprint density at radius 1 is 0.917 bits per heavy atom. The lowest BCUT2D eigenvalue weighted by molar-refractivity contribution is -0.895. The molecule has 0 bridgehead atoms. The fraction of sp³-hybridized carbons (Fsp3) is 0.190. The van der Waals surface area contributed by atoms with E-state index in [4.69, 9.17) is 11.6 Å². The van der Waals surface area contributed by atoms with E-state index >= 15 is 0 Å². The summed E-state index contributed by atoms with van der Waals surface area (Å²) in [6.45, 7) is 1.26. The first-order valence-electron chi connectivity index (χ1n) is 8.02. The van der Waals surface area contributed by atoms with Gasteiger partial charge >= 0.3 is 0 Å². The van der Waals surface area contributed by atoms with Gasteiger partial charge < -0.3 is 4.48 Å². The van der Waals surface area contributed by atoms with Crippen molar-refractivity contribution in [1.82, 2.24) is 0 Å². The van der Waals surface area contributed by atoms with E-state index in [1.165, 1.54) is 16.3 Å². The molecule has 0 aliphatic rings. The van der Waals surface area contributed by atoms with Crippen LogP contribution in [0, 0.1) is 0 Å². The SMILES string of the molecule is C[N+](C)(CC(=O)c1ccc(Cl)cc1)Cc1cccc2ccccc12. The number of fused-ring (bicyclic) bond motifs is 1. The molecule has 122 valence electrons. The van der Waals surface area contributed by atoms with Crippen molar-refractivity contribution < 1.29 is 9.28 Å². The lowest BCUT2D eigenvalue weighted by atomic mass is 10.0. The molecule has 24 heavy (non-hydrogen) atoms. The number of likely N-dealkylation sites (N-methyl/N-ethyl adjacent to an activating group) is 1. The first-order valence-corrected chi connectivity index (χ1v) is 8.40. The lowest BCUT2D eigenvalue weighted by Crippen LogP contribution is -2.43. The van der Waals surface area contributed by atoms with Crippen LogP contribution in [0.15, 0.2) is 66.7 Å². The largest absolute Gasteiger partial charge is 0.318 e. The predicted molar refractivity (Wildman–Crippen MR) is 100 cm³/mol. The third kappa shape index (κ3) is 3.84. The van der Waals surface area contributed by atoms with Crippen molar-refractivity contribution in [1.29, 1.82) is 0 Å². The second-order valence-corrected chi connectivity index (χ2v) is 7.26. The van der Waals surface area contributed by atoms with E-state index in [9.17, 15) is 4.79 Å². The molecule has 0 amide bonds. The molecule has 0 atom stereocenters. The van der Waals surface area contributed by atoms with E-state index in [2.05, 4.69) is 56.6 Å². The Kier molecular flexibility index (Phi) is 4.70. The molecule has 2 nitrogen and oxygen atoms in total. The molecule has 0 saturated heterocycles. The highest BCUT2D eigenvalue weighted by atomic mass is 35.5. The molecule has 0 heterocycles. The minimum atomic E-state index is 0.136. The molecule has 0 saturated carbocycles. The molecular formula is C21H21ClNO+. The number of nitrogens with zero attached hydrogens (tertiary/aromatic N) is 1. The molecule has 0 radical (unpaired) electrons. The third-order valence-electron chi connectivity index (χ3n) is 4.22. The van der Waals surface area contributed by atoms with Gasteiger partial charge in [-0.25, -0.2) is 0 Å². The highest BCUT2D eigenvalue weighted by Gasteiger charge is 2.22. The van der Waals surface area contributed by atoms with E-state index < -0.39 is 0 Å². The minimum Gasteiger partial charge on any atom is -0.318 e. The number of halogens is 1. The summed E-state index contributed by atoms with van der Waals surface area (Å²) in [5.74, 6) is 0.136. The quantitative estimate of drug-likeness (QED) is 0.475. The molecule has 3 aromatic carbocycles. The topological polar surface area (TPSA) is 17.1 Å². The van der Waals surface area contributed by atoms with E-state index in [1.54, 1.807) is 24.3 Å². The molecule has 0 spiro atoms. The van der Waals surface area contributed by atoms with Crippen LogP contribution in [0.3, 0.4) is 0 Å². The van der Waals surface area contributed by atoms with Crippen LogP contribution in [0.25, 0.3) is 10.8 Å². The van der Waals surface area contributed by atoms with Crippen LogP contribution in [0.4, 0.5) is 0 Å². The number of Topliss-reactive ketones (excluding diaryl/α,β-unsaturated/α-hetero) is 1. The standard InChI is InChI=1S/C21H21ClNO/c1-23(2,15-21(24)17-10-12-19(22)13-11-17)14-18-8-5-7-16-6-3-4-9-20(16)18/h3-13H,14-15H2,1-2H3/q+1. The Balaban J connectivity index is 1.80. The average molecular weight is 339 g/mol. The van der Waals surface area contributed by atoms with Crippen LogP contribution in [0.2, 0.25) is 5.02 Å². The van der Waals surface area contributed by atoms with Gasteiger partial charge in [0.1, 0.15) is 13.1 Å². The maximum atomic E-state index is 12.6. The second-order valence-electron chi connectivity index (χ2n) is 6.82. The fourth-order valence-corrected chi connectivity index (χ4v) is 3.19. The van der Waals surface area contributed by atoms with Crippen molar-refractivity contribution in [3.8, 4) is 0 Å². The van der Waals surface area contributed by atoms with Crippen molar-refractivity contribution >= 4 is 28.2 Å². The molecule has 3 heteroatoms. The summed E-state index contributed by atoms with van der Waals surface area (Å²) in [6, 6.07) is 21.8. The number of carbonyl (C=O) groups excluding carboxylic acids is 1. The van der Waals surface area contributed by atoms with E-state index in [0.29, 0.717) is 21.6 Å². The first kappa shape index (κ1) is 16.7. The number of benzene rings is 3. The molecule has 0 aromatic heterocycles. The Bertz CT molecular complexity index is 863. The normalized spacial score (nSPS) is 11.6. The van der Waals surface area contributed by atoms with Gasteiger partial charge in [-0.1, -0.05) is 54.1 Å². The van der Waals surface area contributed by atoms with Crippen molar-refractivity contribution in [2.75, 3.05) is 20.6 Å². The van der Waals surface area contributed by atoms with Crippen LogP contribution in [0.1, 0.15) is 15.9 Å². The molecule has 3 aromatic rings. The monoisotopic (exact) mass is 338 g/mol. The van der Waals surface area contributed by atoms with E-state index in [1.807, 2.05) is 0 Å². The summed E-state index contributed by atoms with van der Waals surface area (Å²) in [6.07, 6.45) is 0. The fourth-order valence-electron chi connectivity index (χ4n) is 3.06. The highest BCUT2D eigenvalue weighted by Crippen LogP contribution is 2.22. The number of quaternary nitrogens is 1. The van der Waals surface area contributed by atoms with Crippen LogP contribution < -0.4 is 0 Å². The molecule has 0 aliphatic carbocycles. The zero-order chi connectivity index (χ0) is 17.2. The van der Waals surface area contributed by atoms with Gasteiger partial charge in [0, 0.05) is 16.1 Å². The lowest BCUT2D eigenvalue weighted by Gasteiger charge is -2.29. The van der Waals surface area contributed by atoms with Gasteiger partial charge in [-0.3, -0.25) is 4.79 Å². The third-order valence-corrected chi connectivity index (χ3v) is 4.47. The number of carbonyl (C=O) groups is 1. The van der Waals surface area contributed by atoms with Crippen molar-refractivity contribution in [3.05, 3.63) is 82.9 Å². The van der Waals surface area contributed by atoms with Gasteiger partial charge in [-0.05, 0) is 35.0 Å². The molecular weight excluding hydrogens is 318 g/mol. The van der Waals surface area contributed by atoms with Crippen LogP contribution in [0.5, 0.6) is 0 Å². The minimum absolute atomic E-state index is 0.136. The number of hydrogen-bond acceptors (Lipinski definition) is 1. The van der Waals surface area contributed by atoms with E-state index in [0.717, 1.165) is 6.54 Å². The summed E-state index contributed by atoms with van der Waals surface area (Å²) in [5.41, 5.74) is 1.98. The van der Waals surface area contributed by atoms with Crippen LogP contribution >= 0.6 is 11.6 Å². The van der Waals surface area contributed by atoms with Crippen molar-refractivity contribution in [2.45, 2.75) is 6.54 Å². The molecule has 0 unspecified atom stereocenters. The van der Waals surface area contributed by atoms with Crippen LogP contribution in [-0.4, -0.2) is 30.9 Å². The summed E-state index contributed by atoms with van der Waals surface area (Å²) in [4.78, 5) is 12.6. The predicted octanol–water partition coefficient (Wildman–Crippen LogP) is 4.95. The summed E-state index contributed by atoms with van der Waals surface area (Å²) in [7, 11) is 4.19. The Labute approximate surface area is 147 Å². The summed E-state index contributed by atoms with van der Waals surface area (Å²) >= 11 is 5.90. The Morgan fingerprint density at radius 2 is 1.58 bits per heavy atom. The van der Waals surface area contributed by atoms with Crippen LogP contribution in [-0.2, 0) is 6.54 Å². The average Bonchev–Trinajstić information content (AvgIpc) is 2.55. The summed E-state index contributed by atoms with van der Waals surface area (Å²) < 4.78 is 0.607. The maximum Gasteiger partial charge on any atom is 0.216 e. The highest BCUT2D eigenvalue weighted by molar-refractivity contribution is 6.30. The van der Waals surface area contributed by atoms with E-state index in [-0.39, 0.29) is 5.78 Å². The molecule has 0 fully saturated rings. The number of rotatable bonds is 5. The van der Waals surface area contributed by atoms with Crippen molar-refractivity contribution in [2.24, 2.45) is 0 Å². The van der Waals surface area contributed by atoms with Gasteiger partial charge in [0.25, 0.3) is 0 Å². The number of ketones is 1. The maximum absolute atomic E-state index is 12.6. The summed E-state index contributed by atoms with van der Waals surface area (Å²) in [5, 5.41) is 3.14. The Hall–Kier alpha value is -2.16. The van der Waals surface area contributed by atoms with Crippen molar-refractivity contribution in [3.63, 3.8) is 0 Å². The smallest absolute Gasteiger partial charge is 0.216 e. The molecule has 3 rings (SSSR count). The second kappa shape index (κ2) is 6.76. The van der Waals surface area contributed by atoms with Gasteiger partial charge in [0.05, 0.1) is 14.1 Å². The molecule has 0 N–H and O–H groups in total. The molecule has 0 aliphatic heterocycles. The van der Waals surface area contributed by atoms with Gasteiger partial charge in [-0.2, -0.15) is 0 Å². The zero-order valence-electron chi connectivity index (χ0n) is 14.0. The van der Waals surface area contributed by atoms with Gasteiger partial charge in [0.15, 0.2) is 0 Å². The Morgan fingerprint density at radius 3 is 2.33 bits per heavy atom. The van der Waals surface area contributed by atoms with Gasteiger partial charge in [-0.15, -0.1) is 0 Å². The zero-order valence-corrected chi connectivity index (χ0v) is 14.8. The first-order chi connectivity index (χ1) is 11.4. The van der Waals surface area contributed by atoms with Gasteiger partial charge in [0.2, 0.25) is 5.78 Å². The number of hydrogen-bond donors (Lipinski definition) is 0.